The van der Waals surface area contributed by atoms with E-state index in [1.165, 1.54) is 7.11 Å². The smallest absolute Gasteiger partial charge is 0.188 e. The molecular formula is C8H10NO4S-. The lowest BCUT2D eigenvalue weighted by molar-refractivity contribution is 0.0511. The lowest BCUT2D eigenvalue weighted by Crippen LogP contribution is -2.02. The van der Waals surface area contributed by atoms with Gasteiger partial charge in [-0.05, 0) is 24.3 Å². The van der Waals surface area contributed by atoms with E-state index in [9.17, 15) is 8.76 Å². The van der Waals surface area contributed by atoms with Crippen molar-refractivity contribution in [2.45, 2.75) is 0 Å². The van der Waals surface area contributed by atoms with E-state index in [0.29, 0.717) is 11.4 Å². The zero-order valence-corrected chi connectivity index (χ0v) is 8.37. The molecule has 14 heavy (non-hydrogen) atoms. The van der Waals surface area contributed by atoms with Gasteiger partial charge in [0.1, 0.15) is 5.75 Å². The number of hydrogen-bond acceptors (Lipinski definition) is 4. The van der Waals surface area contributed by atoms with Crippen molar-refractivity contribution in [1.29, 1.82) is 0 Å². The van der Waals surface area contributed by atoms with Gasteiger partial charge in [-0.25, -0.2) is 0 Å². The Labute approximate surface area is 84.5 Å². The summed E-state index contributed by atoms with van der Waals surface area (Å²) < 4.78 is 32.6. The van der Waals surface area contributed by atoms with Crippen LogP contribution in [0.15, 0.2) is 24.3 Å². The fourth-order valence-corrected chi connectivity index (χ4v) is 1.17. The van der Waals surface area contributed by atoms with Gasteiger partial charge in [-0.2, -0.15) is 0 Å². The molecule has 1 atom stereocenters. The summed E-state index contributed by atoms with van der Waals surface area (Å²) in [6, 6.07) is 6.49. The number of nitrogens with one attached hydrogen (secondary N) is 1. The van der Waals surface area contributed by atoms with Gasteiger partial charge < -0.3 is 18.7 Å². The van der Waals surface area contributed by atoms with E-state index >= 15 is 0 Å². The lowest BCUT2D eigenvalue weighted by atomic mass is 10.3. The van der Waals surface area contributed by atoms with Crippen molar-refractivity contribution < 1.29 is 18.2 Å². The van der Waals surface area contributed by atoms with Gasteiger partial charge in [0.05, 0.1) is 0 Å². The maximum Gasteiger partial charge on any atom is 0.188 e. The van der Waals surface area contributed by atoms with Crippen LogP contribution in [0.4, 0.5) is 5.69 Å². The minimum absolute atomic E-state index is 0.167. The van der Waals surface area contributed by atoms with Gasteiger partial charge in [0.15, 0.2) is 6.79 Å². The summed E-state index contributed by atoms with van der Waals surface area (Å²) in [5.41, 5.74) is 0.489. The van der Waals surface area contributed by atoms with Crippen LogP contribution in [0.2, 0.25) is 0 Å². The van der Waals surface area contributed by atoms with E-state index in [1.54, 1.807) is 24.3 Å². The molecule has 0 amide bonds. The monoisotopic (exact) mass is 216 g/mol. The van der Waals surface area contributed by atoms with Crippen molar-refractivity contribution in [2.75, 3.05) is 18.6 Å². The fraction of sp³-hybridized carbons (Fsp3) is 0.250. The molecule has 1 N–H and O–H groups in total. The molecular weight excluding hydrogens is 206 g/mol. The van der Waals surface area contributed by atoms with Crippen LogP contribution in [0.25, 0.3) is 0 Å². The van der Waals surface area contributed by atoms with Crippen molar-refractivity contribution in [3.05, 3.63) is 24.3 Å². The van der Waals surface area contributed by atoms with E-state index in [0.717, 1.165) is 0 Å². The standard InChI is InChI=1S/C8H11NO4S/c1-12-6-13-8-4-2-7(3-5-8)9-14(10)11/h2-5,9H,6H2,1H3,(H,10,11)/p-1. The first-order valence-corrected chi connectivity index (χ1v) is 4.87. The second-order valence-corrected chi connectivity index (χ2v) is 3.09. The Balaban J connectivity index is 2.54. The molecule has 0 aromatic heterocycles. The fourth-order valence-electron chi connectivity index (χ4n) is 0.842. The quantitative estimate of drug-likeness (QED) is 0.585. The van der Waals surface area contributed by atoms with Crippen LogP contribution in [0.3, 0.4) is 0 Å². The first-order valence-electron chi connectivity index (χ1n) is 3.80. The van der Waals surface area contributed by atoms with Gasteiger partial charge in [-0.3, -0.25) is 4.21 Å². The zero-order chi connectivity index (χ0) is 10.4. The molecule has 0 heterocycles. The van der Waals surface area contributed by atoms with E-state index in [2.05, 4.69) is 4.72 Å². The molecule has 1 aromatic rings. The van der Waals surface area contributed by atoms with E-state index in [1.807, 2.05) is 0 Å². The molecule has 78 valence electrons. The molecule has 0 radical (unpaired) electrons. The molecule has 0 saturated heterocycles. The highest BCUT2D eigenvalue weighted by Crippen LogP contribution is 2.15. The third-order valence-electron chi connectivity index (χ3n) is 1.40. The van der Waals surface area contributed by atoms with Crippen LogP contribution in [0.1, 0.15) is 0 Å². The molecule has 0 aliphatic heterocycles. The SMILES string of the molecule is COCOc1ccc(NS(=O)[O-])cc1. The number of benzene rings is 1. The van der Waals surface area contributed by atoms with Crippen LogP contribution in [0.5, 0.6) is 5.75 Å². The molecule has 1 aromatic carbocycles. The van der Waals surface area contributed by atoms with Crippen molar-refractivity contribution in [3.8, 4) is 5.75 Å². The van der Waals surface area contributed by atoms with Crippen molar-refractivity contribution >= 4 is 17.0 Å². The molecule has 0 saturated carbocycles. The van der Waals surface area contributed by atoms with Gasteiger partial charge in [0.2, 0.25) is 0 Å². The average molecular weight is 216 g/mol. The summed E-state index contributed by atoms with van der Waals surface area (Å²) in [6.45, 7) is 0.167. The van der Waals surface area contributed by atoms with Crippen LogP contribution in [0, 0.1) is 0 Å². The van der Waals surface area contributed by atoms with Crippen molar-refractivity contribution in [2.24, 2.45) is 0 Å². The highest BCUT2D eigenvalue weighted by atomic mass is 32.2. The minimum atomic E-state index is -2.29. The number of anilines is 1. The molecule has 0 aliphatic rings. The summed E-state index contributed by atoms with van der Waals surface area (Å²) in [5, 5.41) is 0. The predicted octanol–water partition coefficient (Wildman–Crippen LogP) is 0.875. The molecule has 0 fully saturated rings. The number of methoxy groups -OCH3 is 1. The Morgan fingerprint density at radius 2 is 2.07 bits per heavy atom. The Bertz CT molecular complexity index is 301. The Hall–Kier alpha value is -1.11. The lowest BCUT2D eigenvalue weighted by Gasteiger charge is -2.09. The van der Waals surface area contributed by atoms with Gasteiger partial charge in [-0.15, -0.1) is 0 Å². The Morgan fingerprint density at radius 3 is 2.57 bits per heavy atom. The highest BCUT2D eigenvalue weighted by molar-refractivity contribution is 7.80. The second-order valence-electron chi connectivity index (χ2n) is 2.41. The van der Waals surface area contributed by atoms with E-state index in [-0.39, 0.29) is 6.79 Å². The first-order chi connectivity index (χ1) is 6.72. The number of ether oxygens (including phenoxy) is 2. The summed E-state index contributed by atoms with van der Waals surface area (Å²) in [7, 11) is 1.52. The summed E-state index contributed by atoms with van der Waals surface area (Å²) in [5.74, 6) is 0.620. The minimum Gasteiger partial charge on any atom is -0.755 e. The second kappa shape index (κ2) is 5.58. The zero-order valence-electron chi connectivity index (χ0n) is 7.56. The molecule has 5 nitrogen and oxygen atoms in total. The van der Waals surface area contributed by atoms with Crippen molar-refractivity contribution in [1.82, 2.24) is 0 Å². The summed E-state index contributed by atoms with van der Waals surface area (Å²) in [4.78, 5) is 0. The van der Waals surface area contributed by atoms with E-state index in [4.69, 9.17) is 9.47 Å². The molecule has 0 spiro atoms. The van der Waals surface area contributed by atoms with Gasteiger partial charge in [0, 0.05) is 24.1 Å². The molecule has 6 heteroatoms. The predicted molar refractivity (Wildman–Crippen MR) is 51.5 cm³/mol. The van der Waals surface area contributed by atoms with Crippen LogP contribution in [-0.2, 0) is 16.0 Å². The summed E-state index contributed by atoms with van der Waals surface area (Å²) >= 11 is -2.29. The molecule has 1 rings (SSSR count). The topological polar surface area (TPSA) is 70.6 Å². The van der Waals surface area contributed by atoms with Gasteiger partial charge in [0.25, 0.3) is 0 Å². The number of hydrogen-bond donors (Lipinski definition) is 1. The van der Waals surface area contributed by atoms with Gasteiger partial charge in [-0.1, -0.05) is 0 Å². The molecule has 0 bridgehead atoms. The van der Waals surface area contributed by atoms with Crippen LogP contribution in [-0.4, -0.2) is 22.7 Å². The summed E-state index contributed by atoms with van der Waals surface area (Å²) in [6.07, 6.45) is 0. The molecule has 1 unspecified atom stereocenters. The normalized spacial score (nSPS) is 12.1. The third-order valence-corrected chi connectivity index (χ3v) is 1.80. The first kappa shape index (κ1) is 11.0. The van der Waals surface area contributed by atoms with E-state index < -0.39 is 11.3 Å². The third kappa shape index (κ3) is 3.73. The maximum absolute atomic E-state index is 10.3. The van der Waals surface area contributed by atoms with Gasteiger partial charge >= 0.3 is 0 Å². The maximum atomic E-state index is 10.3. The van der Waals surface area contributed by atoms with Crippen LogP contribution < -0.4 is 9.46 Å². The average Bonchev–Trinajstić information content (AvgIpc) is 2.16. The number of rotatable bonds is 5. The highest BCUT2D eigenvalue weighted by Gasteiger charge is 1.93. The van der Waals surface area contributed by atoms with Crippen molar-refractivity contribution in [3.63, 3.8) is 0 Å². The molecule has 0 aliphatic carbocycles. The largest absolute Gasteiger partial charge is 0.755 e. The van der Waals surface area contributed by atoms with Crippen LogP contribution >= 0.6 is 0 Å². The Morgan fingerprint density at radius 1 is 1.43 bits per heavy atom. The Kier molecular flexibility index (Phi) is 4.37.